The van der Waals surface area contributed by atoms with Gasteiger partial charge in [-0.2, -0.15) is 4.98 Å². The van der Waals surface area contributed by atoms with Crippen molar-refractivity contribution < 1.29 is 9.84 Å². The molecule has 5 heteroatoms. The highest BCUT2D eigenvalue weighted by Crippen LogP contribution is 2.29. The van der Waals surface area contributed by atoms with Crippen LogP contribution in [0.3, 0.4) is 0 Å². The number of hydrogen-bond donors (Lipinski definition) is 1. The van der Waals surface area contributed by atoms with Gasteiger partial charge in [-0.3, -0.25) is 4.98 Å². The SMILES string of the molecule is Oc1ccccc1Oc1ccc2nccnc2n1. The van der Waals surface area contributed by atoms with Crippen molar-refractivity contribution >= 4 is 11.2 Å². The van der Waals surface area contributed by atoms with Gasteiger partial charge in [-0.25, -0.2) is 4.98 Å². The van der Waals surface area contributed by atoms with Crippen LogP contribution >= 0.6 is 0 Å². The fraction of sp³-hybridized carbons (Fsp3) is 0. The van der Waals surface area contributed by atoms with Crippen LogP contribution in [-0.2, 0) is 0 Å². The van der Waals surface area contributed by atoms with Crippen molar-refractivity contribution in [1.29, 1.82) is 0 Å². The zero-order valence-electron chi connectivity index (χ0n) is 9.32. The highest BCUT2D eigenvalue weighted by Gasteiger charge is 2.05. The Balaban J connectivity index is 1.98. The van der Waals surface area contributed by atoms with Crippen molar-refractivity contribution in [1.82, 2.24) is 15.0 Å². The van der Waals surface area contributed by atoms with E-state index in [9.17, 15) is 5.11 Å². The lowest BCUT2D eigenvalue weighted by Gasteiger charge is -2.06. The molecule has 1 N–H and O–H groups in total. The lowest BCUT2D eigenvalue weighted by atomic mass is 10.3. The van der Waals surface area contributed by atoms with E-state index in [1.165, 1.54) is 0 Å². The summed E-state index contributed by atoms with van der Waals surface area (Å²) in [6.07, 6.45) is 3.17. The lowest BCUT2D eigenvalue weighted by Crippen LogP contribution is -1.91. The van der Waals surface area contributed by atoms with Crippen molar-refractivity contribution in [3.63, 3.8) is 0 Å². The number of nitrogens with zero attached hydrogens (tertiary/aromatic N) is 3. The van der Waals surface area contributed by atoms with Crippen LogP contribution in [0.15, 0.2) is 48.8 Å². The van der Waals surface area contributed by atoms with E-state index in [0.29, 0.717) is 22.8 Å². The van der Waals surface area contributed by atoms with E-state index in [-0.39, 0.29) is 5.75 Å². The molecule has 5 nitrogen and oxygen atoms in total. The van der Waals surface area contributed by atoms with Gasteiger partial charge in [0, 0.05) is 18.5 Å². The standard InChI is InChI=1S/C13H9N3O2/c17-10-3-1-2-4-11(10)18-12-6-5-9-13(16-12)15-8-7-14-9/h1-8,17H. The first-order valence-electron chi connectivity index (χ1n) is 5.36. The van der Waals surface area contributed by atoms with Crippen LogP contribution in [0.5, 0.6) is 17.4 Å². The topological polar surface area (TPSA) is 68.1 Å². The molecule has 0 saturated carbocycles. The molecule has 0 amide bonds. The summed E-state index contributed by atoms with van der Waals surface area (Å²) in [7, 11) is 0. The second-order valence-corrected chi connectivity index (χ2v) is 3.62. The van der Waals surface area contributed by atoms with Crippen molar-refractivity contribution in [3.05, 3.63) is 48.8 Å². The van der Waals surface area contributed by atoms with E-state index >= 15 is 0 Å². The number of aromatic nitrogens is 3. The van der Waals surface area contributed by atoms with Crippen molar-refractivity contribution in [2.75, 3.05) is 0 Å². The summed E-state index contributed by atoms with van der Waals surface area (Å²) in [4.78, 5) is 12.4. The summed E-state index contributed by atoms with van der Waals surface area (Å²) in [5.74, 6) is 0.788. The van der Waals surface area contributed by atoms with E-state index in [0.717, 1.165) is 0 Å². The molecule has 18 heavy (non-hydrogen) atoms. The predicted molar refractivity (Wildman–Crippen MR) is 65.5 cm³/mol. The average molecular weight is 239 g/mol. The normalized spacial score (nSPS) is 10.4. The van der Waals surface area contributed by atoms with Crippen molar-refractivity contribution in [3.8, 4) is 17.4 Å². The Labute approximate surface area is 103 Å². The van der Waals surface area contributed by atoms with Crippen LogP contribution in [-0.4, -0.2) is 20.1 Å². The van der Waals surface area contributed by atoms with Crippen LogP contribution in [0.1, 0.15) is 0 Å². The number of phenols is 1. The van der Waals surface area contributed by atoms with Gasteiger partial charge in [0.2, 0.25) is 5.88 Å². The molecule has 0 bridgehead atoms. The Kier molecular flexibility index (Phi) is 2.49. The number of phenolic OH excluding ortho intramolecular Hbond substituents is 1. The van der Waals surface area contributed by atoms with Crippen LogP contribution in [0, 0.1) is 0 Å². The van der Waals surface area contributed by atoms with Gasteiger partial charge >= 0.3 is 0 Å². The molecule has 2 heterocycles. The number of pyridine rings is 1. The number of fused-ring (bicyclic) bond motifs is 1. The summed E-state index contributed by atoms with van der Waals surface area (Å²) in [5, 5.41) is 9.60. The van der Waals surface area contributed by atoms with Gasteiger partial charge in [0.25, 0.3) is 0 Å². The first-order valence-corrected chi connectivity index (χ1v) is 5.36. The van der Waals surface area contributed by atoms with E-state index < -0.39 is 0 Å². The summed E-state index contributed by atoms with van der Waals surface area (Å²) in [6, 6.07) is 10.2. The van der Waals surface area contributed by atoms with Gasteiger partial charge in [-0.05, 0) is 18.2 Å². The van der Waals surface area contributed by atoms with Crippen molar-refractivity contribution in [2.24, 2.45) is 0 Å². The summed E-state index contributed by atoms with van der Waals surface area (Å²) in [5.41, 5.74) is 1.20. The third kappa shape index (κ3) is 1.93. The molecule has 0 atom stereocenters. The van der Waals surface area contributed by atoms with Gasteiger partial charge in [0.05, 0.1) is 0 Å². The van der Waals surface area contributed by atoms with E-state index in [4.69, 9.17) is 4.74 Å². The maximum Gasteiger partial charge on any atom is 0.221 e. The Morgan fingerprint density at radius 1 is 0.944 bits per heavy atom. The van der Waals surface area contributed by atoms with Crippen LogP contribution < -0.4 is 4.74 Å². The Bertz CT molecular complexity index is 700. The number of benzene rings is 1. The first kappa shape index (κ1) is 10.5. The fourth-order valence-electron chi connectivity index (χ4n) is 1.55. The lowest BCUT2D eigenvalue weighted by molar-refractivity contribution is 0.403. The van der Waals surface area contributed by atoms with Gasteiger partial charge in [-0.15, -0.1) is 0 Å². The van der Waals surface area contributed by atoms with Gasteiger partial charge in [0.1, 0.15) is 5.52 Å². The van der Waals surface area contributed by atoms with E-state index in [1.54, 1.807) is 48.8 Å². The number of ether oxygens (including phenoxy) is 1. The van der Waals surface area contributed by atoms with E-state index in [1.807, 2.05) is 0 Å². The van der Waals surface area contributed by atoms with Crippen LogP contribution in [0.25, 0.3) is 11.2 Å². The minimum Gasteiger partial charge on any atom is -0.504 e. The molecule has 88 valence electrons. The summed E-state index contributed by atoms with van der Waals surface area (Å²) in [6.45, 7) is 0. The summed E-state index contributed by atoms with van der Waals surface area (Å²) < 4.78 is 5.49. The average Bonchev–Trinajstić information content (AvgIpc) is 2.41. The minimum atomic E-state index is 0.0681. The predicted octanol–water partition coefficient (Wildman–Crippen LogP) is 2.52. The molecule has 0 aliphatic carbocycles. The highest BCUT2D eigenvalue weighted by atomic mass is 16.5. The second-order valence-electron chi connectivity index (χ2n) is 3.62. The second kappa shape index (κ2) is 4.29. The van der Waals surface area contributed by atoms with Crippen molar-refractivity contribution in [2.45, 2.75) is 0 Å². The molecule has 0 fully saturated rings. The molecule has 0 spiro atoms. The molecular formula is C13H9N3O2. The quantitative estimate of drug-likeness (QED) is 0.744. The maximum atomic E-state index is 9.60. The highest BCUT2D eigenvalue weighted by molar-refractivity contribution is 5.69. The molecule has 2 aromatic heterocycles. The zero-order valence-corrected chi connectivity index (χ0v) is 9.32. The number of para-hydroxylation sites is 2. The molecule has 3 rings (SSSR count). The molecule has 3 aromatic rings. The van der Waals surface area contributed by atoms with E-state index in [2.05, 4.69) is 15.0 Å². The largest absolute Gasteiger partial charge is 0.504 e. The number of aromatic hydroxyl groups is 1. The monoisotopic (exact) mass is 239 g/mol. The van der Waals surface area contributed by atoms with Crippen LogP contribution in [0.4, 0.5) is 0 Å². The molecule has 1 aromatic carbocycles. The molecule has 0 aliphatic heterocycles. The van der Waals surface area contributed by atoms with Gasteiger partial charge in [0.15, 0.2) is 17.1 Å². The first-order chi connectivity index (χ1) is 8.83. The minimum absolute atomic E-state index is 0.0681. The molecule has 0 saturated heterocycles. The third-order valence-electron chi connectivity index (χ3n) is 2.39. The fourth-order valence-corrected chi connectivity index (χ4v) is 1.55. The summed E-state index contributed by atoms with van der Waals surface area (Å²) >= 11 is 0. The maximum absolute atomic E-state index is 9.60. The zero-order chi connectivity index (χ0) is 12.4. The molecule has 0 unspecified atom stereocenters. The number of rotatable bonds is 2. The number of hydrogen-bond acceptors (Lipinski definition) is 5. The van der Waals surface area contributed by atoms with Crippen LogP contribution in [0.2, 0.25) is 0 Å². The third-order valence-corrected chi connectivity index (χ3v) is 2.39. The van der Waals surface area contributed by atoms with Gasteiger partial charge in [-0.1, -0.05) is 12.1 Å². The molecule has 0 aliphatic rings. The Morgan fingerprint density at radius 2 is 1.78 bits per heavy atom. The molecular weight excluding hydrogens is 230 g/mol. The van der Waals surface area contributed by atoms with Gasteiger partial charge < -0.3 is 9.84 Å². The Hall–Kier alpha value is -2.69. The smallest absolute Gasteiger partial charge is 0.221 e. The Morgan fingerprint density at radius 3 is 2.67 bits per heavy atom. The molecule has 0 radical (unpaired) electrons.